The summed E-state index contributed by atoms with van der Waals surface area (Å²) in [7, 11) is 0. The van der Waals surface area contributed by atoms with E-state index >= 15 is 0 Å². The lowest BCUT2D eigenvalue weighted by Crippen LogP contribution is -2.57. The lowest BCUT2D eigenvalue weighted by atomic mass is 10.0. The van der Waals surface area contributed by atoms with Crippen molar-refractivity contribution in [3.8, 4) is 0 Å². The Hall–Kier alpha value is -1.11. The first kappa shape index (κ1) is 16.3. The lowest BCUT2D eigenvalue weighted by Gasteiger charge is -2.42. The molecule has 0 radical (unpaired) electrons. The normalized spacial score (nSPS) is 25.8. The number of rotatable bonds is 3. The Morgan fingerprint density at radius 1 is 1.33 bits per heavy atom. The minimum Gasteiger partial charge on any atom is -0.395 e. The maximum atomic E-state index is 12.6. The smallest absolute Gasteiger partial charge is 0.395 e. The van der Waals surface area contributed by atoms with E-state index in [-0.39, 0.29) is 18.7 Å². The maximum absolute atomic E-state index is 12.6. The summed E-state index contributed by atoms with van der Waals surface area (Å²) in [4.78, 5) is 2.14. The summed E-state index contributed by atoms with van der Waals surface area (Å²) < 4.78 is 37.8. The summed E-state index contributed by atoms with van der Waals surface area (Å²) in [5, 5.41) is 12.8. The first-order valence-corrected chi connectivity index (χ1v) is 7.10. The number of nitrogens with zero attached hydrogens (tertiary/aromatic N) is 1. The molecule has 1 saturated heterocycles. The van der Waals surface area contributed by atoms with Gasteiger partial charge in [-0.25, -0.2) is 0 Å². The van der Waals surface area contributed by atoms with Gasteiger partial charge in [0.15, 0.2) is 0 Å². The third kappa shape index (κ3) is 3.75. The van der Waals surface area contributed by atoms with E-state index in [1.54, 1.807) is 0 Å². The second-order valence-corrected chi connectivity index (χ2v) is 5.64. The van der Waals surface area contributed by atoms with Crippen molar-refractivity contribution in [3.05, 3.63) is 35.4 Å². The van der Waals surface area contributed by atoms with Crippen molar-refractivity contribution in [1.82, 2.24) is 10.2 Å². The molecule has 0 aliphatic carbocycles. The predicted octanol–water partition coefficient (Wildman–Crippen LogP) is 2.42. The molecule has 1 aromatic rings. The Bertz CT molecular complexity index is 461. The van der Waals surface area contributed by atoms with Crippen molar-refractivity contribution in [1.29, 1.82) is 0 Å². The molecule has 1 aliphatic rings. The number of benzene rings is 1. The number of aliphatic hydroxyl groups excluding tert-OH is 1. The van der Waals surface area contributed by atoms with Crippen LogP contribution in [0.15, 0.2) is 24.3 Å². The molecule has 3 nitrogen and oxygen atoms in total. The van der Waals surface area contributed by atoms with Gasteiger partial charge in [0.1, 0.15) is 0 Å². The quantitative estimate of drug-likeness (QED) is 0.900. The SMILES string of the molecule is CC(c1ccc(C(F)(F)F)cc1)N1C[C@H](C)NC[C@H]1CO. The number of piperazine rings is 1. The minimum absolute atomic E-state index is 0.0153. The Balaban J connectivity index is 2.16. The van der Waals surface area contributed by atoms with E-state index in [0.717, 1.165) is 24.2 Å². The van der Waals surface area contributed by atoms with Gasteiger partial charge in [0.25, 0.3) is 0 Å². The van der Waals surface area contributed by atoms with Crippen LogP contribution in [0.3, 0.4) is 0 Å². The summed E-state index contributed by atoms with van der Waals surface area (Å²) >= 11 is 0. The Kier molecular flexibility index (Phi) is 4.91. The third-order valence-electron chi connectivity index (χ3n) is 4.08. The monoisotopic (exact) mass is 302 g/mol. The average molecular weight is 302 g/mol. The van der Waals surface area contributed by atoms with Gasteiger partial charge in [-0.15, -0.1) is 0 Å². The highest BCUT2D eigenvalue weighted by Crippen LogP contribution is 2.31. The van der Waals surface area contributed by atoms with E-state index in [2.05, 4.69) is 17.1 Å². The number of nitrogens with one attached hydrogen (secondary N) is 1. The fourth-order valence-electron chi connectivity index (χ4n) is 2.77. The van der Waals surface area contributed by atoms with Gasteiger partial charge < -0.3 is 10.4 Å². The first-order chi connectivity index (χ1) is 9.82. The van der Waals surface area contributed by atoms with E-state index in [1.165, 1.54) is 12.1 Å². The lowest BCUT2D eigenvalue weighted by molar-refractivity contribution is -0.137. The van der Waals surface area contributed by atoms with Crippen molar-refractivity contribution in [3.63, 3.8) is 0 Å². The standard InChI is InChI=1S/C15H21F3N2O/c1-10-8-20(14(9-21)7-19-10)11(2)12-3-5-13(6-4-12)15(16,17)18/h3-6,10-11,14,19,21H,7-9H2,1-2H3/t10-,11?,14-/m0/s1. The largest absolute Gasteiger partial charge is 0.416 e. The highest BCUT2D eigenvalue weighted by atomic mass is 19.4. The van der Waals surface area contributed by atoms with Crippen LogP contribution in [0.2, 0.25) is 0 Å². The second-order valence-electron chi connectivity index (χ2n) is 5.64. The molecule has 1 unspecified atom stereocenters. The summed E-state index contributed by atoms with van der Waals surface area (Å²) in [6, 6.07) is 5.53. The zero-order chi connectivity index (χ0) is 15.6. The molecule has 1 aliphatic heterocycles. The average Bonchev–Trinajstić information content (AvgIpc) is 2.45. The van der Waals surface area contributed by atoms with Crippen molar-refractivity contribution in [2.75, 3.05) is 19.7 Å². The van der Waals surface area contributed by atoms with Gasteiger partial charge >= 0.3 is 6.18 Å². The summed E-state index contributed by atoms with van der Waals surface area (Å²) in [6.45, 7) is 5.49. The van der Waals surface area contributed by atoms with Crippen molar-refractivity contribution >= 4 is 0 Å². The van der Waals surface area contributed by atoms with E-state index in [1.807, 2.05) is 6.92 Å². The first-order valence-electron chi connectivity index (χ1n) is 7.10. The van der Waals surface area contributed by atoms with E-state index in [0.29, 0.717) is 12.6 Å². The molecule has 0 aromatic heterocycles. The molecule has 1 heterocycles. The van der Waals surface area contributed by atoms with Gasteiger partial charge in [-0.1, -0.05) is 12.1 Å². The minimum atomic E-state index is -4.31. The van der Waals surface area contributed by atoms with E-state index in [9.17, 15) is 18.3 Å². The van der Waals surface area contributed by atoms with Crippen molar-refractivity contribution < 1.29 is 18.3 Å². The van der Waals surface area contributed by atoms with E-state index in [4.69, 9.17) is 0 Å². The van der Waals surface area contributed by atoms with Crippen LogP contribution in [0.5, 0.6) is 0 Å². The molecule has 0 amide bonds. The zero-order valence-electron chi connectivity index (χ0n) is 12.2. The van der Waals surface area contributed by atoms with Gasteiger partial charge in [-0.2, -0.15) is 13.2 Å². The van der Waals surface area contributed by atoms with Crippen LogP contribution in [-0.4, -0.2) is 41.8 Å². The highest BCUT2D eigenvalue weighted by Gasteiger charge is 2.32. The van der Waals surface area contributed by atoms with Crippen LogP contribution < -0.4 is 5.32 Å². The fourth-order valence-corrected chi connectivity index (χ4v) is 2.77. The Morgan fingerprint density at radius 3 is 2.48 bits per heavy atom. The van der Waals surface area contributed by atoms with Crippen LogP contribution in [0, 0.1) is 0 Å². The molecule has 2 rings (SSSR count). The summed E-state index contributed by atoms with van der Waals surface area (Å²) in [5.74, 6) is 0. The molecule has 6 heteroatoms. The number of hydrogen-bond donors (Lipinski definition) is 2. The Morgan fingerprint density at radius 2 is 1.95 bits per heavy atom. The van der Waals surface area contributed by atoms with Crippen LogP contribution in [0.25, 0.3) is 0 Å². The number of aliphatic hydroxyl groups is 1. The fraction of sp³-hybridized carbons (Fsp3) is 0.600. The molecule has 21 heavy (non-hydrogen) atoms. The zero-order valence-corrected chi connectivity index (χ0v) is 12.2. The van der Waals surface area contributed by atoms with Crippen LogP contribution in [0.1, 0.15) is 31.0 Å². The third-order valence-corrected chi connectivity index (χ3v) is 4.08. The molecule has 1 fully saturated rings. The molecule has 1 aromatic carbocycles. The molecule has 0 saturated carbocycles. The van der Waals surface area contributed by atoms with Crippen LogP contribution in [0.4, 0.5) is 13.2 Å². The summed E-state index contributed by atoms with van der Waals surface area (Å²) in [5.41, 5.74) is 0.196. The predicted molar refractivity (Wildman–Crippen MR) is 74.9 cm³/mol. The molecule has 2 N–H and O–H groups in total. The van der Waals surface area contributed by atoms with Crippen molar-refractivity contribution in [2.45, 2.75) is 38.1 Å². The topological polar surface area (TPSA) is 35.5 Å². The molecule has 0 bridgehead atoms. The van der Waals surface area contributed by atoms with Gasteiger partial charge in [0.05, 0.1) is 12.2 Å². The van der Waals surface area contributed by atoms with Gasteiger partial charge in [-0.3, -0.25) is 4.90 Å². The highest BCUT2D eigenvalue weighted by molar-refractivity contribution is 5.26. The van der Waals surface area contributed by atoms with E-state index < -0.39 is 11.7 Å². The molecule has 3 atom stereocenters. The van der Waals surface area contributed by atoms with Gasteiger partial charge in [-0.05, 0) is 31.5 Å². The molecule has 0 spiro atoms. The number of halogens is 3. The van der Waals surface area contributed by atoms with Crippen LogP contribution >= 0.6 is 0 Å². The number of alkyl halides is 3. The molecular weight excluding hydrogens is 281 g/mol. The van der Waals surface area contributed by atoms with Crippen molar-refractivity contribution in [2.24, 2.45) is 0 Å². The van der Waals surface area contributed by atoms with Gasteiger partial charge in [0.2, 0.25) is 0 Å². The molecule has 118 valence electrons. The summed E-state index contributed by atoms with van der Waals surface area (Å²) in [6.07, 6.45) is -4.31. The van der Waals surface area contributed by atoms with Crippen LogP contribution in [-0.2, 0) is 6.18 Å². The number of hydrogen-bond acceptors (Lipinski definition) is 3. The van der Waals surface area contributed by atoms with Gasteiger partial charge in [0, 0.05) is 31.2 Å². The molecular formula is C15H21F3N2O. The maximum Gasteiger partial charge on any atom is 0.416 e. The second kappa shape index (κ2) is 6.34. The Labute approximate surface area is 122 Å².